The number of aryl methyl sites for hydroxylation is 1. The van der Waals surface area contributed by atoms with Gasteiger partial charge in [-0.25, -0.2) is 0 Å². The first kappa shape index (κ1) is 20.2. The fraction of sp³-hybridized carbons (Fsp3) is 0.154. The van der Waals surface area contributed by atoms with Crippen LogP contribution in [0.5, 0.6) is 5.75 Å². The van der Waals surface area contributed by atoms with E-state index in [2.05, 4.69) is 45.0 Å². The molecule has 0 radical (unpaired) electrons. The molecule has 1 aliphatic rings. The number of alkyl halides is 3. The summed E-state index contributed by atoms with van der Waals surface area (Å²) in [7, 11) is 0. The molecule has 0 atom stereocenters. The van der Waals surface area contributed by atoms with Crippen molar-refractivity contribution >= 4 is 17.1 Å². The molecular formula is C26H19F3N2O. The number of hydrogen-bond donors (Lipinski definition) is 0. The smallest absolute Gasteiger partial charge is 0.406 e. The van der Waals surface area contributed by atoms with E-state index in [1.807, 2.05) is 12.1 Å². The molecule has 0 saturated heterocycles. The summed E-state index contributed by atoms with van der Waals surface area (Å²) < 4.78 is 41.0. The van der Waals surface area contributed by atoms with Gasteiger partial charge in [-0.15, -0.1) is 13.2 Å². The first-order valence-corrected chi connectivity index (χ1v) is 10.3. The quantitative estimate of drug-likeness (QED) is 0.358. The molecule has 160 valence electrons. The molecule has 0 aliphatic heterocycles. The van der Waals surface area contributed by atoms with Gasteiger partial charge in [0.2, 0.25) is 0 Å². The minimum atomic E-state index is -4.68. The first-order chi connectivity index (χ1) is 15.4. The van der Waals surface area contributed by atoms with E-state index in [9.17, 15) is 13.2 Å². The lowest BCUT2D eigenvalue weighted by atomic mass is 9.85. The monoisotopic (exact) mass is 432 g/mol. The van der Waals surface area contributed by atoms with Crippen LogP contribution in [0.25, 0.3) is 28.2 Å². The molecule has 0 N–H and O–H groups in total. The van der Waals surface area contributed by atoms with E-state index >= 15 is 0 Å². The van der Waals surface area contributed by atoms with Gasteiger partial charge in [-0.05, 0) is 71.3 Å². The van der Waals surface area contributed by atoms with Crippen molar-refractivity contribution in [1.82, 2.24) is 9.97 Å². The predicted molar refractivity (Wildman–Crippen MR) is 118 cm³/mol. The standard InChI is InChI=1S/C26H19F3N2O/c27-26(28,29)32-23-8-6-19(7-9-23)21-5-4-20-14-17(1-3-22(20)16-21)13-18-2-10-24-25(15-18)31-12-11-30-24/h2,4-13,15-16H,1,3,14H2. The van der Waals surface area contributed by atoms with Gasteiger partial charge in [0.1, 0.15) is 5.75 Å². The van der Waals surface area contributed by atoms with Gasteiger partial charge in [-0.1, -0.05) is 48.0 Å². The van der Waals surface area contributed by atoms with E-state index in [0.29, 0.717) is 0 Å². The second-order valence-corrected chi connectivity index (χ2v) is 7.84. The SMILES string of the molecule is FC(F)(F)Oc1ccc(-c2ccc3c(c2)CCC(=Cc2ccc4nccnc4c2)C3)cc1. The van der Waals surface area contributed by atoms with Crippen molar-refractivity contribution in [2.75, 3.05) is 0 Å². The molecule has 0 bridgehead atoms. The third-order valence-corrected chi connectivity index (χ3v) is 5.62. The van der Waals surface area contributed by atoms with Crippen LogP contribution in [0.3, 0.4) is 0 Å². The Morgan fingerprint density at radius 3 is 2.28 bits per heavy atom. The highest BCUT2D eigenvalue weighted by Crippen LogP contribution is 2.32. The number of allylic oxidation sites excluding steroid dienone is 1. The Labute approximate surface area is 183 Å². The molecule has 6 heteroatoms. The lowest BCUT2D eigenvalue weighted by molar-refractivity contribution is -0.274. The van der Waals surface area contributed by atoms with Crippen LogP contribution in [0.2, 0.25) is 0 Å². The fourth-order valence-electron chi connectivity index (χ4n) is 4.12. The average Bonchev–Trinajstić information content (AvgIpc) is 2.78. The molecule has 0 unspecified atom stereocenters. The average molecular weight is 432 g/mol. The Kier molecular flexibility index (Phi) is 5.13. The van der Waals surface area contributed by atoms with Crippen molar-refractivity contribution in [2.45, 2.75) is 25.6 Å². The second kappa shape index (κ2) is 8.11. The Morgan fingerprint density at radius 2 is 1.50 bits per heavy atom. The van der Waals surface area contributed by atoms with Crippen molar-refractivity contribution in [2.24, 2.45) is 0 Å². The maximum atomic E-state index is 12.4. The molecule has 32 heavy (non-hydrogen) atoms. The molecule has 5 rings (SSSR count). The van der Waals surface area contributed by atoms with Gasteiger partial charge >= 0.3 is 6.36 Å². The van der Waals surface area contributed by atoms with Crippen LogP contribution in [-0.2, 0) is 12.8 Å². The van der Waals surface area contributed by atoms with Gasteiger partial charge in [0.15, 0.2) is 0 Å². The minimum absolute atomic E-state index is 0.214. The maximum Gasteiger partial charge on any atom is 0.573 e. The van der Waals surface area contributed by atoms with Gasteiger partial charge in [0.25, 0.3) is 0 Å². The summed E-state index contributed by atoms with van der Waals surface area (Å²) in [5.74, 6) is -0.214. The zero-order valence-electron chi connectivity index (χ0n) is 17.1. The highest BCUT2D eigenvalue weighted by atomic mass is 19.4. The van der Waals surface area contributed by atoms with Crippen LogP contribution in [0.4, 0.5) is 13.2 Å². The number of halogens is 3. The van der Waals surface area contributed by atoms with E-state index in [1.165, 1.54) is 28.8 Å². The Balaban J connectivity index is 1.34. The highest BCUT2D eigenvalue weighted by molar-refractivity contribution is 5.77. The molecule has 0 amide bonds. The molecule has 0 fully saturated rings. The normalized spacial score (nSPS) is 15.0. The number of ether oxygens (including phenoxy) is 1. The van der Waals surface area contributed by atoms with Gasteiger partial charge in [0, 0.05) is 12.4 Å². The summed E-state index contributed by atoms with van der Waals surface area (Å²) in [5.41, 5.74) is 8.66. The second-order valence-electron chi connectivity index (χ2n) is 7.84. The van der Waals surface area contributed by atoms with Gasteiger partial charge in [-0.3, -0.25) is 9.97 Å². The van der Waals surface area contributed by atoms with Crippen LogP contribution in [0.1, 0.15) is 23.1 Å². The topological polar surface area (TPSA) is 35.0 Å². The molecule has 0 spiro atoms. The van der Waals surface area contributed by atoms with Gasteiger partial charge in [0.05, 0.1) is 11.0 Å². The zero-order valence-corrected chi connectivity index (χ0v) is 17.1. The zero-order chi connectivity index (χ0) is 22.1. The van der Waals surface area contributed by atoms with Crippen LogP contribution in [-0.4, -0.2) is 16.3 Å². The van der Waals surface area contributed by atoms with Gasteiger partial charge in [-0.2, -0.15) is 0 Å². The number of nitrogens with zero attached hydrogens (tertiary/aromatic N) is 2. The van der Waals surface area contributed by atoms with E-state index in [1.54, 1.807) is 24.5 Å². The highest BCUT2D eigenvalue weighted by Gasteiger charge is 2.31. The molecule has 0 saturated carbocycles. The number of aromatic nitrogens is 2. The van der Waals surface area contributed by atoms with Gasteiger partial charge < -0.3 is 4.74 Å². The first-order valence-electron chi connectivity index (χ1n) is 10.3. The van der Waals surface area contributed by atoms with E-state index in [-0.39, 0.29) is 5.75 Å². The summed E-state index contributed by atoms with van der Waals surface area (Å²) >= 11 is 0. The predicted octanol–water partition coefficient (Wildman–Crippen LogP) is 6.77. The van der Waals surface area contributed by atoms with Crippen molar-refractivity contribution < 1.29 is 17.9 Å². The fourth-order valence-corrected chi connectivity index (χ4v) is 4.12. The van der Waals surface area contributed by atoms with Crippen molar-refractivity contribution in [3.8, 4) is 16.9 Å². The number of hydrogen-bond acceptors (Lipinski definition) is 3. The molecule has 3 nitrogen and oxygen atoms in total. The molecule has 3 aromatic carbocycles. The van der Waals surface area contributed by atoms with Crippen LogP contribution >= 0.6 is 0 Å². The maximum absolute atomic E-state index is 12.4. The molecular weight excluding hydrogens is 413 g/mol. The lowest BCUT2D eigenvalue weighted by Gasteiger charge is -2.20. The van der Waals surface area contributed by atoms with E-state index < -0.39 is 6.36 Å². The Morgan fingerprint density at radius 1 is 0.750 bits per heavy atom. The minimum Gasteiger partial charge on any atom is -0.406 e. The number of benzene rings is 3. The van der Waals surface area contributed by atoms with E-state index in [4.69, 9.17) is 0 Å². The summed E-state index contributed by atoms with van der Waals surface area (Å²) in [6.45, 7) is 0. The van der Waals surface area contributed by atoms with Crippen LogP contribution < -0.4 is 4.74 Å². The summed E-state index contributed by atoms with van der Waals surface area (Å²) in [4.78, 5) is 8.69. The Hall–Kier alpha value is -3.67. The van der Waals surface area contributed by atoms with Crippen molar-refractivity contribution in [1.29, 1.82) is 0 Å². The third kappa shape index (κ3) is 4.49. The van der Waals surface area contributed by atoms with E-state index in [0.717, 1.165) is 47.0 Å². The number of fused-ring (bicyclic) bond motifs is 2. The van der Waals surface area contributed by atoms with Crippen LogP contribution in [0, 0.1) is 0 Å². The van der Waals surface area contributed by atoms with Crippen LogP contribution in [0.15, 0.2) is 78.6 Å². The van der Waals surface area contributed by atoms with Crippen molar-refractivity contribution in [3.63, 3.8) is 0 Å². The summed E-state index contributed by atoms with van der Waals surface area (Å²) in [6.07, 6.45) is 3.71. The molecule has 1 aromatic heterocycles. The third-order valence-electron chi connectivity index (χ3n) is 5.62. The number of rotatable bonds is 3. The summed E-state index contributed by atoms with van der Waals surface area (Å²) in [6, 6.07) is 18.4. The lowest BCUT2D eigenvalue weighted by Crippen LogP contribution is -2.16. The van der Waals surface area contributed by atoms with Crippen molar-refractivity contribution in [3.05, 3.63) is 95.3 Å². The Bertz CT molecular complexity index is 1310. The molecule has 4 aromatic rings. The summed E-state index contributed by atoms with van der Waals surface area (Å²) in [5, 5.41) is 0. The molecule has 1 aliphatic carbocycles. The largest absolute Gasteiger partial charge is 0.573 e. The molecule has 1 heterocycles.